The lowest BCUT2D eigenvalue weighted by Gasteiger charge is -2.19. The number of nitrogens with one attached hydrogen (secondary N) is 2. The van der Waals surface area contributed by atoms with E-state index in [-0.39, 0.29) is 31.3 Å². The lowest BCUT2D eigenvalue weighted by atomic mass is 10.0. The summed E-state index contributed by atoms with van der Waals surface area (Å²) in [4.78, 5) is 39.3. The van der Waals surface area contributed by atoms with E-state index in [1.54, 1.807) is 6.20 Å². The number of carbonyl (C=O) groups excluding carboxylic acids is 3. The SMILES string of the molecule is NC(=O)CCC(N)C(=O)NCC(=O)NC(Cc1ccccn1)c1ccccc1. The first-order valence-corrected chi connectivity index (χ1v) is 9.01. The first-order chi connectivity index (χ1) is 13.5. The maximum Gasteiger partial charge on any atom is 0.239 e. The van der Waals surface area contributed by atoms with Crippen molar-refractivity contribution in [3.63, 3.8) is 0 Å². The second-order valence-electron chi connectivity index (χ2n) is 6.39. The van der Waals surface area contributed by atoms with Crippen molar-refractivity contribution in [1.82, 2.24) is 15.6 Å². The molecule has 0 saturated heterocycles. The molecule has 28 heavy (non-hydrogen) atoms. The zero-order chi connectivity index (χ0) is 20.4. The number of hydrogen-bond donors (Lipinski definition) is 4. The summed E-state index contributed by atoms with van der Waals surface area (Å²) in [5, 5.41) is 5.40. The fraction of sp³-hybridized carbons (Fsp3) is 0.300. The predicted octanol–water partition coefficient (Wildman–Crippen LogP) is 0.191. The van der Waals surface area contributed by atoms with Crippen LogP contribution < -0.4 is 22.1 Å². The molecule has 1 aromatic heterocycles. The molecule has 1 aromatic carbocycles. The van der Waals surface area contributed by atoms with E-state index in [9.17, 15) is 14.4 Å². The van der Waals surface area contributed by atoms with Crippen LogP contribution in [0.3, 0.4) is 0 Å². The van der Waals surface area contributed by atoms with Gasteiger partial charge in [-0.1, -0.05) is 36.4 Å². The molecule has 0 aliphatic carbocycles. The highest BCUT2D eigenvalue weighted by Gasteiger charge is 2.18. The van der Waals surface area contributed by atoms with Gasteiger partial charge in [-0.25, -0.2) is 0 Å². The van der Waals surface area contributed by atoms with Gasteiger partial charge in [0.05, 0.1) is 18.6 Å². The average molecular weight is 383 g/mol. The van der Waals surface area contributed by atoms with Crippen LogP contribution in [0.25, 0.3) is 0 Å². The predicted molar refractivity (Wildman–Crippen MR) is 105 cm³/mol. The van der Waals surface area contributed by atoms with Crippen molar-refractivity contribution in [2.24, 2.45) is 11.5 Å². The van der Waals surface area contributed by atoms with Gasteiger partial charge in [0.2, 0.25) is 17.7 Å². The first kappa shape index (κ1) is 21.0. The fourth-order valence-corrected chi connectivity index (χ4v) is 2.64. The molecule has 8 heteroatoms. The van der Waals surface area contributed by atoms with Gasteiger partial charge < -0.3 is 22.1 Å². The summed E-state index contributed by atoms with van der Waals surface area (Å²) in [6.07, 6.45) is 2.37. The number of benzene rings is 1. The van der Waals surface area contributed by atoms with Crippen molar-refractivity contribution in [2.45, 2.75) is 31.3 Å². The van der Waals surface area contributed by atoms with Crippen LogP contribution in [0, 0.1) is 0 Å². The van der Waals surface area contributed by atoms with Gasteiger partial charge in [-0.05, 0) is 24.1 Å². The number of carbonyl (C=O) groups is 3. The Labute approximate surface area is 163 Å². The summed E-state index contributed by atoms with van der Waals surface area (Å²) in [6.45, 7) is -0.214. The molecule has 0 bridgehead atoms. The Morgan fingerprint density at radius 1 is 1.04 bits per heavy atom. The quantitative estimate of drug-likeness (QED) is 0.464. The number of rotatable bonds is 10. The largest absolute Gasteiger partial charge is 0.370 e. The average Bonchev–Trinajstić information content (AvgIpc) is 2.71. The van der Waals surface area contributed by atoms with Gasteiger partial charge in [-0.15, -0.1) is 0 Å². The first-order valence-electron chi connectivity index (χ1n) is 9.01. The highest BCUT2D eigenvalue weighted by molar-refractivity contribution is 5.87. The third-order valence-corrected chi connectivity index (χ3v) is 4.14. The molecule has 6 N–H and O–H groups in total. The number of aromatic nitrogens is 1. The van der Waals surface area contributed by atoms with E-state index in [2.05, 4.69) is 15.6 Å². The third-order valence-electron chi connectivity index (χ3n) is 4.14. The van der Waals surface area contributed by atoms with Crippen LogP contribution >= 0.6 is 0 Å². The number of amides is 3. The zero-order valence-electron chi connectivity index (χ0n) is 15.5. The van der Waals surface area contributed by atoms with Gasteiger partial charge in [0, 0.05) is 24.7 Å². The molecule has 0 fully saturated rings. The van der Waals surface area contributed by atoms with Crippen LogP contribution in [0.4, 0.5) is 0 Å². The van der Waals surface area contributed by atoms with Gasteiger partial charge in [-0.3, -0.25) is 19.4 Å². The normalized spacial score (nSPS) is 12.6. The number of hydrogen-bond acceptors (Lipinski definition) is 5. The molecule has 0 spiro atoms. The van der Waals surface area contributed by atoms with Gasteiger partial charge in [0.15, 0.2) is 0 Å². The van der Waals surface area contributed by atoms with Gasteiger partial charge >= 0.3 is 0 Å². The van der Waals surface area contributed by atoms with E-state index >= 15 is 0 Å². The van der Waals surface area contributed by atoms with Gasteiger partial charge in [0.1, 0.15) is 0 Å². The van der Waals surface area contributed by atoms with Crippen LogP contribution in [0.2, 0.25) is 0 Å². The van der Waals surface area contributed by atoms with Crippen molar-refractivity contribution in [3.8, 4) is 0 Å². The van der Waals surface area contributed by atoms with Crippen LogP contribution in [0.1, 0.15) is 30.1 Å². The molecule has 2 aromatic rings. The molecule has 0 aliphatic rings. The van der Waals surface area contributed by atoms with E-state index < -0.39 is 17.9 Å². The summed E-state index contributed by atoms with van der Waals surface area (Å²) in [6, 6.07) is 14.0. The molecule has 0 aliphatic heterocycles. The summed E-state index contributed by atoms with van der Waals surface area (Å²) in [5.41, 5.74) is 12.5. The minimum Gasteiger partial charge on any atom is -0.370 e. The standard InChI is InChI=1S/C20H25N5O3/c21-16(9-10-18(22)26)20(28)24-13-19(27)25-17(14-6-2-1-3-7-14)12-15-8-4-5-11-23-15/h1-8,11,16-17H,9-10,12-13,21H2,(H2,22,26)(H,24,28)(H,25,27). The van der Waals surface area contributed by atoms with E-state index in [1.807, 2.05) is 48.5 Å². The summed E-state index contributed by atoms with van der Waals surface area (Å²) in [5.74, 6) is -1.38. The number of pyridine rings is 1. The Hall–Kier alpha value is -3.26. The second-order valence-corrected chi connectivity index (χ2v) is 6.39. The summed E-state index contributed by atoms with van der Waals surface area (Å²) >= 11 is 0. The molecular weight excluding hydrogens is 358 g/mol. The van der Waals surface area contributed by atoms with Crippen LogP contribution in [0.5, 0.6) is 0 Å². The maximum absolute atomic E-state index is 12.3. The fourth-order valence-electron chi connectivity index (χ4n) is 2.64. The van der Waals surface area contributed by atoms with Crippen LogP contribution in [-0.4, -0.2) is 35.3 Å². The lowest BCUT2D eigenvalue weighted by Crippen LogP contribution is -2.45. The van der Waals surface area contributed by atoms with Crippen molar-refractivity contribution in [2.75, 3.05) is 6.54 Å². The van der Waals surface area contributed by atoms with E-state index in [4.69, 9.17) is 11.5 Å². The van der Waals surface area contributed by atoms with Gasteiger partial charge in [-0.2, -0.15) is 0 Å². The Kier molecular flexibility index (Phi) is 8.11. The third kappa shape index (κ3) is 7.16. The van der Waals surface area contributed by atoms with Crippen LogP contribution in [0.15, 0.2) is 54.7 Å². The summed E-state index contributed by atoms with van der Waals surface area (Å²) < 4.78 is 0. The van der Waals surface area contributed by atoms with E-state index in [1.165, 1.54) is 0 Å². The molecule has 1 heterocycles. The molecular formula is C20H25N5O3. The van der Waals surface area contributed by atoms with Crippen molar-refractivity contribution >= 4 is 17.7 Å². The second kappa shape index (κ2) is 10.8. The number of primary amides is 1. The number of nitrogens with zero attached hydrogens (tertiary/aromatic N) is 1. The van der Waals surface area contributed by atoms with Crippen molar-refractivity contribution in [3.05, 3.63) is 66.0 Å². The molecule has 3 amide bonds. The molecule has 8 nitrogen and oxygen atoms in total. The maximum atomic E-state index is 12.3. The Bertz CT molecular complexity index is 783. The van der Waals surface area contributed by atoms with E-state index in [0.717, 1.165) is 11.3 Å². The molecule has 2 rings (SSSR count). The number of nitrogens with two attached hydrogens (primary N) is 2. The van der Waals surface area contributed by atoms with Crippen LogP contribution in [-0.2, 0) is 20.8 Å². The van der Waals surface area contributed by atoms with Crippen molar-refractivity contribution < 1.29 is 14.4 Å². The summed E-state index contributed by atoms with van der Waals surface area (Å²) in [7, 11) is 0. The molecule has 0 radical (unpaired) electrons. The Balaban J connectivity index is 1.93. The van der Waals surface area contributed by atoms with Crippen molar-refractivity contribution in [1.29, 1.82) is 0 Å². The van der Waals surface area contributed by atoms with E-state index in [0.29, 0.717) is 6.42 Å². The monoisotopic (exact) mass is 383 g/mol. The molecule has 148 valence electrons. The minimum atomic E-state index is -0.890. The Morgan fingerprint density at radius 2 is 1.75 bits per heavy atom. The molecule has 0 saturated carbocycles. The molecule has 2 unspecified atom stereocenters. The Morgan fingerprint density at radius 3 is 2.39 bits per heavy atom. The zero-order valence-corrected chi connectivity index (χ0v) is 15.5. The lowest BCUT2D eigenvalue weighted by molar-refractivity contribution is -0.127. The smallest absolute Gasteiger partial charge is 0.239 e. The topological polar surface area (TPSA) is 140 Å². The molecule has 2 atom stereocenters. The highest BCUT2D eigenvalue weighted by atomic mass is 16.2. The minimum absolute atomic E-state index is 0.0148. The van der Waals surface area contributed by atoms with Gasteiger partial charge in [0.25, 0.3) is 0 Å². The highest BCUT2D eigenvalue weighted by Crippen LogP contribution is 2.17.